The molecule has 23 heavy (non-hydrogen) atoms. The molecule has 1 amide bonds. The lowest BCUT2D eigenvalue weighted by molar-refractivity contribution is -0.137. The van der Waals surface area contributed by atoms with E-state index in [9.17, 15) is 9.59 Å². The summed E-state index contributed by atoms with van der Waals surface area (Å²) in [6.07, 6.45) is 2.36. The summed E-state index contributed by atoms with van der Waals surface area (Å²) in [5.74, 6) is -0.562. The number of rotatable bonds is 7. The van der Waals surface area contributed by atoms with Crippen LogP contribution in [0.25, 0.3) is 11.0 Å². The van der Waals surface area contributed by atoms with E-state index in [0.29, 0.717) is 18.9 Å². The van der Waals surface area contributed by atoms with Crippen LogP contribution in [-0.2, 0) is 16.0 Å². The number of benzene rings is 1. The minimum absolute atomic E-state index is 0.0615. The van der Waals surface area contributed by atoms with Crippen LogP contribution in [0.4, 0.5) is 0 Å². The molecule has 5 heteroatoms. The fraction of sp³-hybridized carbons (Fsp3) is 0.444. The minimum Gasteiger partial charge on any atom is -0.481 e. The van der Waals surface area contributed by atoms with E-state index in [2.05, 4.69) is 32.2 Å². The van der Waals surface area contributed by atoms with E-state index in [-0.39, 0.29) is 18.7 Å². The van der Waals surface area contributed by atoms with E-state index in [1.54, 1.807) is 6.26 Å². The predicted molar refractivity (Wildman–Crippen MR) is 88.6 cm³/mol. The van der Waals surface area contributed by atoms with Gasteiger partial charge in [0.2, 0.25) is 5.91 Å². The lowest BCUT2D eigenvalue weighted by Crippen LogP contribution is -2.26. The van der Waals surface area contributed by atoms with Crippen LogP contribution in [0.3, 0.4) is 0 Å². The van der Waals surface area contributed by atoms with Crippen molar-refractivity contribution in [2.24, 2.45) is 0 Å². The van der Waals surface area contributed by atoms with E-state index >= 15 is 0 Å². The molecule has 0 saturated heterocycles. The molecule has 0 aliphatic carbocycles. The Bertz CT molecular complexity index is 715. The summed E-state index contributed by atoms with van der Waals surface area (Å²) in [4.78, 5) is 22.4. The van der Waals surface area contributed by atoms with E-state index in [0.717, 1.165) is 16.5 Å². The molecule has 0 atom stereocenters. The van der Waals surface area contributed by atoms with Crippen molar-refractivity contribution in [1.29, 1.82) is 0 Å². The van der Waals surface area contributed by atoms with Gasteiger partial charge in [-0.05, 0) is 42.5 Å². The van der Waals surface area contributed by atoms with Crippen molar-refractivity contribution in [2.45, 2.75) is 46.0 Å². The maximum Gasteiger partial charge on any atom is 0.303 e. The molecule has 1 heterocycles. The molecule has 2 rings (SSSR count). The Kier molecular flexibility index (Phi) is 5.42. The Morgan fingerprint density at radius 2 is 2.04 bits per heavy atom. The summed E-state index contributed by atoms with van der Waals surface area (Å²) < 4.78 is 5.56. The zero-order valence-electron chi connectivity index (χ0n) is 13.8. The van der Waals surface area contributed by atoms with Gasteiger partial charge in [-0.15, -0.1) is 0 Å². The number of amides is 1. The average molecular weight is 317 g/mol. The first-order valence-electron chi connectivity index (χ1n) is 7.87. The van der Waals surface area contributed by atoms with Crippen LogP contribution in [0.2, 0.25) is 0 Å². The van der Waals surface area contributed by atoms with Crippen LogP contribution in [0, 0.1) is 6.92 Å². The first kappa shape index (κ1) is 17.1. The summed E-state index contributed by atoms with van der Waals surface area (Å²) >= 11 is 0. The molecule has 0 bridgehead atoms. The van der Waals surface area contributed by atoms with Gasteiger partial charge in [0.05, 0.1) is 12.7 Å². The number of aliphatic carboxylic acids is 1. The Balaban J connectivity index is 2.06. The largest absolute Gasteiger partial charge is 0.481 e. The lowest BCUT2D eigenvalue weighted by Gasteiger charge is -2.10. The number of fused-ring (bicyclic) bond motifs is 1. The van der Waals surface area contributed by atoms with Gasteiger partial charge in [-0.1, -0.05) is 13.8 Å². The van der Waals surface area contributed by atoms with E-state index < -0.39 is 5.97 Å². The van der Waals surface area contributed by atoms with Gasteiger partial charge in [-0.3, -0.25) is 9.59 Å². The number of nitrogens with one attached hydrogen (secondary N) is 1. The Morgan fingerprint density at radius 3 is 2.70 bits per heavy atom. The van der Waals surface area contributed by atoms with E-state index in [1.807, 2.05) is 6.07 Å². The van der Waals surface area contributed by atoms with E-state index in [4.69, 9.17) is 9.52 Å². The zero-order chi connectivity index (χ0) is 17.0. The molecule has 1 aromatic carbocycles. The quantitative estimate of drug-likeness (QED) is 0.767. The van der Waals surface area contributed by atoms with Crippen LogP contribution in [-0.4, -0.2) is 23.5 Å². The second kappa shape index (κ2) is 7.31. The highest BCUT2D eigenvalue weighted by Gasteiger charge is 2.13. The fourth-order valence-corrected chi connectivity index (χ4v) is 2.71. The molecule has 5 nitrogen and oxygen atoms in total. The molecule has 0 fully saturated rings. The van der Waals surface area contributed by atoms with Crippen LogP contribution in [0.5, 0.6) is 0 Å². The first-order valence-corrected chi connectivity index (χ1v) is 7.87. The van der Waals surface area contributed by atoms with Crippen LogP contribution < -0.4 is 5.32 Å². The summed E-state index contributed by atoms with van der Waals surface area (Å²) in [5, 5.41) is 12.3. The molecule has 0 aliphatic rings. The van der Waals surface area contributed by atoms with Crippen molar-refractivity contribution in [1.82, 2.24) is 5.32 Å². The Labute approximate surface area is 135 Å². The summed E-state index contributed by atoms with van der Waals surface area (Å²) in [6.45, 7) is 6.72. The predicted octanol–water partition coefficient (Wildman–Crippen LogP) is 3.39. The summed E-state index contributed by atoms with van der Waals surface area (Å²) in [5.41, 5.74) is 4.09. The van der Waals surface area contributed by atoms with Crippen molar-refractivity contribution >= 4 is 22.8 Å². The normalized spacial score (nSPS) is 11.1. The monoisotopic (exact) mass is 317 g/mol. The molecular formula is C18H23NO4. The number of carbonyl (C=O) groups is 2. The van der Waals surface area contributed by atoms with Crippen molar-refractivity contribution < 1.29 is 19.1 Å². The minimum atomic E-state index is -0.850. The van der Waals surface area contributed by atoms with Gasteiger partial charge in [0, 0.05) is 23.9 Å². The van der Waals surface area contributed by atoms with Crippen molar-refractivity contribution in [3.63, 3.8) is 0 Å². The molecule has 2 aromatic rings. The fourth-order valence-electron chi connectivity index (χ4n) is 2.71. The highest BCUT2D eigenvalue weighted by Crippen LogP contribution is 2.29. The molecule has 124 valence electrons. The zero-order valence-corrected chi connectivity index (χ0v) is 13.8. The third-order valence-corrected chi connectivity index (χ3v) is 3.90. The SMILES string of the molecule is Cc1cc2occ(CC(=O)NCCCC(=O)O)c2cc1C(C)C. The third-order valence-electron chi connectivity index (χ3n) is 3.90. The molecule has 0 aliphatic heterocycles. The highest BCUT2D eigenvalue weighted by atomic mass is 16.4. The first-order chi connectivity index (χ1) is 10.9. The Morgan fingerprint density at radius 1 is 1.30 bits per heavy atom. The van der Waals surface area contributed by atoms with Crippen molar-refractivity contribution in [3.8, 4) is 0 Å². The number of furan rings is 1. The lowest BCUT2D eigenvalue weighted by atomic mass is 9.95. The topological polar surface area (TPSA) is 79.5 Å². The smallest absolute Gasteiger partial charge is 0.303 e. The maximum absolute atomic E-state index is 12.0. The molecular weight excluding hydrogens is 294 g/mol. The van der Waals surface area contributed by atoms with Gasteiger partial charge in [0.15, 0.2) is 0 Å². The van der Waals surface area contributed by atoms with Gasteiger partial charge < -0.3 is 14.8 Å². The summed E-state index contributed by atoms with van der Waals surface area (Å²) in [7, 11) is 0. The van der Waals surface area contributed by atoms with Gasteiger partial charge in [-0.25, -0.2) is 0 Å². The molecule has 0 unspecified atom stereocenters. The van der Waals surface area contributed by atoms with Gasteiger partial charge in [0.1, 0.15) is 5.58 Å². The molecule has 0 radical (unpaired) electrons. The second-order valence-corrected chi connectivity index (χ2v) is 6.14. The third kappa shape index (κ3) is 4.34. The Hall–Kier alpha value is -2.30. The highest BCUT2D eigenvalue weighted by molar-refractivity contribution is 5.88. The van der Waals surface area contributed by atoms with Crippen molar-refractivity contribution in [3.05, 3.63) is 35.1 Å². The van der Waals surface area contributed by atoms with Gasteiger partial charge in [0.25, 0.3) is 0 Å². The standard InChI is InChI=1S/C18H23NO4/c1-11(2)14-9-15-13(10-23-16(15)7-12(14)3)8-17(20)19-6-4-5-18(21)22/h7,9-11H,4-6,8H2,1-3H3,(H,19,20)(H,21,22). The number of aryl methyl sites for hydroxylation is 1. The maximum atomic E-state index is 12.0. The average Bonchev–Trinajstić information content (AvgIpc) is 2.84. The number of hydrogen-bond acceptors (Lipinski definition) is 3. The van der Waals surface area contributed by atoms with Crippen molar-refractivity contribution in [2.75, 3.05) is 6.54 Å². The van der Waals surface area contributed by atoms with Crippen LogP contribution in [0.15, 0.2) is 22.8 Å². The van der Waals surface area contributed by atoms with Gasteiger partial charge >= 0.3 is 5.97 Å². The van der Waals surface area contributed by atoms with E-state index in [1.165, 1.54) is 11.1 Å². The number of carboxylic acids is 1. The number of hydrogen-bond donors (Lipinski definition) is 2. The van der Waals surface area contributed by atoms with Crippen LogP contribution in [0.1, 0.15) is 49.3 Å². The van der Waals surface area contributed by atoms with Gasteiger partial charge in [-0.2, -0.15) is 0 Å². The number of carboxylic acid groups (broad SMARTS) is 1. The molecule has 0 saturated carbocycles. The molecule has 2 N–H and O–H groups in total. The number of carbonyl (C=O) groups excluding carboxylic acids is 1. The summed E-state index contributed by atoms with van der Waals surface area (Å²) in [6, 6.07) is 4.12. The second-order valence-electron chi connectivity index (χ2n) is 6.14. The van der Waals surface area contributed by atoms with Crippen LogP contribution >= 0.6 is 0 Å². The molecule has 0 spiro atoms. The molecule has 1 aromatic heterocycles.